The molecule has 0 heterocycles. The molecule has 0 amide bonds. The minimum absolute atomic E-state index is 0.286. The van der Waals surface area contributed by atoms with Crippen LogP contribution in [0.2, 0.25) is 0 Å². The van der Waals surface area contributed by atoms with Gasteiger partial charge in [-0.15, -0.1) is 0 Å². The van der Waals surface area contributed by atoms with Gasteiger partial charge in [-0.3, -0.25) is 0 Å². The quantitative estimate of drug-likeness (QED) is 0.745. The van der Waals surface area contributed by atoms with Crippen molar-refractivity contribution >= 4 is 0 Å². The Morgan fingerprint density at radius 1 is 1.06 bits per heavy atom. The number of aliphatic hydroxyl groups excluding tert-OH is 1. The Hall–Kier alpha value is -1.02. The molecule has 0 aliphatic rings. The standard InChI is InChI=1S/C16H26O2/c1-16(2,3)11-13-18-15-9-7-14(8-10-15)6-4-5-12-17/h7-10,17H,4-6,11-13H2,1-3H3. The summed E-state index contributed by atoms with van der Waals surface area (Å²) in [7, 11) is 0. The summed E-state index contributed by atoms with van der Waals surface area (Å²) in [5, 5.41) is 8.73. The lowest BCUT2D eigenvalue weighted by Crippen LogP contribution is -2.11. The molecule has 0 atom stereocenters. The molecule has 0 saturated carbocycles. The minimum Gasteiger partial charge on any atom is -0.494 e. The third kappa shape index (κ3) is 6.65. The second kappa shape index (κ2) is 7.42. The van der Waals surface area contributed by atoms with Crippen LogP contribution in [0.15, 0.2) is 24.3 Å². The summed E-state index contributed by atoms with van der Waals surface area (Å²) >= 11 is 0. The molecule has 1 rings (SSSR count). The summed E-state index contributed by atoms with van der Waals surface area (Å²) in [4.78, 5) is 0. The monoisotopic (exact) mass is 250 g/mol. The van der Waals surface area contributed by atoms with Crippen LogP contribution in [-0.4, -0.2) is 18.3 Å². The van der Waals surface area contributed by atoms with Crippen molar-refractivity contribution in [1.82, 2.24) is 0 Å². The van der Waals surface area contributed by atoms with Gasteiger partial charge < -0.3 is 9.84 Å². The molecule has 0 bridgehead atoms. The molecule has 2 nitrogen and oxygen atoms in total. The van der Waals surface area contributed by atoms with E-state index in [-0.39, 0.29) is 6.61 Å². The SMILES string of the molecule is CC(C)(C)CCOc1ccc(CCCCO)cc1. The van der Waals surface area contributed by atoms with Crippen LogP contribution in [0.25, 0.3) is 0 Å². The van der Waals surface area contributed by atoms with Crippen molar-refractivity contribution < 1.29 is 9.84 Å². The van der Waals surface area contributed by atoms with Crippen LogP contribution >= 0.6 is 0 Å². The number of ether oxygens (including phenoxy) is 1. The fourth-order valence-electron chi connectivity index (χ4n) is 1.67. The molecule has 1 aromatic carbocycles. The fourth-order valence-corrected chi connectivity index (χ4v) is 1.67. The predicted octanol–water partition coefficient (Wildman–Crippen LogP) is 3.82. The van der Waals surface area contributed by atoms with Crippen LogP contribution in [0, 0.1) is 5.41 Å². The van der Waals surface area contributed by atoms with Gasteiger partial charge in [0.1, 0.15) is 5.75 Å². The maximum absolute atomic E-state index is 8.73. The van der Waals surface area contributed by atoms with E-state index in [0.717, 1.165) is 38.0 Å². The van der Waals surface area contributed by atoms with Crippen LogP contribution in [0.1, 0.15) is 45.6 Å². The van der Waals surface area contributed by atoms with E-state index in [1.807, 2.05) is 12.1 Å². The van der Waals surface area contributed by atoms with Crippen molar-refractivity contribution in [3.63, 3.8) is 0 Å². The number of aliphatic hydroxyl groups is 1. The Morgan fingerprint density at radius 3 is 2.28 bits per heavy atom. The van der Waals surface area contributed by atoms with Gasteiger partial charge in [0.25, 0.3) is 0 Å². The molecule has 0 aliphatic heterocycles. The number of unbranched alkanes of at least 4 members (excludes halogenated alkanes) is 1. The summed E-state index contributed by atoms with van der Waals surface area (Å²) < 4.78 is 5.72. The third-order valence-electron chi connectivity index (χ3n) is 2.92. The minimum atomic E-state index is 0.286. The maximum Gasteiger partial charge on any atom is 0.119 e. The summed E-state index contributed by atoms with van der Waals surface area (Å²) in [6, 6.07) is 8.31. The summed E-state index contributed by atoms with van der Waals surface area (Å²) in [6.07, 6.45) is 4.01. The molecule has 102 valence electrons. The van der Waals surface area contributed by atoms with E-state index in [0.29, 0.717) is 5.41 Å². The number of aryl methyl sites for hydroxylation is 1. The largest absolute Gasteiger partial charge is 0.494 e. The lowest BCUT2D eigenvalue weighted by molar-refractivity contribution is 0.243. The molecule has 0 unspecified atom stereocenters. The molecule has 18 heavy (non-hydrogen) atoms. The van der Waals surface area contributed by atoms with E-state index >= 15 is 0 Å². The highest BCUT2D eigenvalue weighted by Gasteiger charge is 2.09. The molecule has 0 fully saturated rings. The molecule has 1 N–H and O–H groups in total. The van der Waals surface area contributed by atoms with Crippen molar-refractivity contribution in [3.05, 3.63) is 29.8 Å². The zero-order valence-electron chi connectivity index (χ0n) is 11.9. The second-order valence-corrected chi connectivity index (χ2v) is 5.98. The van der Waals surface area contributed by atoms with Gasteiger partial charge in [-0.05, 0) is 48.8 Å². The van der Waals surface area contributed by atoms with Crippen molar-refractivity contribution in [2.45, 2.75) is 46.5 Å². The summed E-state index contributed by atoms with van der Waals surface area (Å²) in [5.41, 5.74) is 1.64. The topological polar surface area (TPSA) is 29.5 Å². The van der Waals surface area contributed by atoms with E-state index in [1.54, 1.807) is 0 Å². The van der Waals surface area contributed by atoms with Crippen LogP contribution in [0.4, 0.5) is 0 Å². The molecule has 0 radical (unpaired) electrons. The highest BCUT2D eigenvalue weighted by molar-refractivity contribution is 5.27. The normalized spacial score (nSPS) is 11.6. The average molecular weight is 250 g/mol. The van der Waals surface area contributed by atoms with Crippen LogP contribution in [0.3, 0.4) is 0 Å². The zero-order chi connectivity index (χ0) is 13.4. The van der Waals surface area contributed by atoms with Crippen molar-refractivity contribution in [2.24, 2.45) is 5.41 Å². The van der Waals surface area contributed by atoms with Crippen LogP contribution in [0.5, 0.6) is 5.75 Å². The Balaban J connectivity index is 2.31. The van der Waals surface area contributed by atoms with E-state index in [1.165, 1.54) is 5.56 Å². The van der Waals surface area contributed by atoms with Gasteiger partial charge in [-0.1, -0.05) is 32.9 Å². The predicted molar refractivity (Wildman–Crippen MR) is 76.0 cm³/mol. The smallest absolute Gasteiger partial charge is 0.119 e. The molecular formula is C16H26O2. The molecule has 0 spiro atoms. The van der Waals surface area contributed by atoms with Gasteiger partial charge in [-0.25, -0.2) is 0 Å². The van der Waals surface area contributed by atoms with Gasteiger partial charge in [0.05, 0.1) is 6.61 Å². The Labute approximate surface area is 111 Å². The van der Waals surface area contributed by atoms with Crippen LogP contribution in [-0.2, 0) is 6.42 Å². The van der Waals surface area contributed by atoms with Gasteiger partial charge >= 0.3 is 0 Å². The zero-order valence-corrected chi connectivity index (χ0v) is 11.9. The molecule has 0 saturated heterocycles. The molecule has 0 aromatic heterocycles. The Kier molecular flexibility index (Phi) is 6.20. The maximum atomic E-state index is 8.73. The van der Waals surface area contributed by atoms with E-state index in [2.05, 4.69) is 32.9 Å². The first-order valence-electron chi connectivity index (χ1n) is 6.84. The molecule has 1 aromatic rings. The number of rotatable bonds is 7. The first kappa shape index (κ1) is 15.0. The highest BCUT2D eigenvalue weighted by Crippen LogP contribution is 2.20. The Bertz CT molecular complexity index is 322. The van der Waals surface area contributed by atoms with Gasteiger partial charge in [0, 0.05) is 6.61 Å². The van der Waals surface area contributed by atoms with Crippen molar-refractivity contribution in [2.75, 3.05) is 13.2 Å². The number of hydrogen-bond donors (Lipinski definition) is 1. The molecular weight excluding hydrogens is 224 g/mol. The molecule has 2 heteroatoms. The number of hydrogen-bond acceptors (Lipinski definition) is 2. The first-order valence-corrected chi connectivity index (χ1v) is 6.84. The lowest BCUT2D eigenvalue weighted by Gasteiger charge is -2.18. The van der Waals surface area contributed by atoms with E-state index in [4.69, 9.17) is 9.84 Å². The first-order chi connectivity index (χ1) is 8.51. The summed E-state index contributed by atoms with van der Waals surface area (Å²) in [5.74, 6) is 0.949. The van der Waals surface area contributed by atoms with Gasteiger partial charge in [-0.2, -0.15) is 0 Å². The summed E-state index contributed by atoms with van der Waals surface area (Å²) in [6.45, 7) is 7.73. The third-order valence-corrected chi connectivity index (χ3v) is 2.92. The van der Waals surface area contributed by atoms with E-state index < -0.39 is 0 Å². The Morgan fingerprint density at radius 2 is 1.72 bits per heavy atom. The van der Waals surface area contributed by atoms with Gasteiger partial charge in [0.2, 0.25) is 0 Å². The fraction of sp³-hybridized carbons (Fsp3) is 0.625. The van der Waals surface area contributed by atoms with Gasteiger partial charge in [0.15, 0.2) is 0 Å². The van der Waals surface area contributed by atoms with Crippen molar-refractivity contribution in [1.29, 1.82) is 0 Å². The average Bonchev–Trinajstić information content (AvgIpc) is 2.30. The van der Waals surface area contributed by atoms with Crippen LogP contribution < -0.4 is 4.74 Å². The lowest BCUT2D eigenvalue weighted by atomic mass is 9.93. The number of benzene rings is 1. The second-order valence-electron chi connectivity index (χ2n) is 5.98. The van der Waals surface area contributed by atoms with E-state index in [9.17, 15) is 0 Å². The van der Waals surface area contributed by atoms with Crippen molar-refractivity contribution in [3.8, 4) is 5.75 Å². The highest BCUT2D eigenvalue weighted by atomic mass is 16.5. The molecule has 0 aliphatic carbocycles.